The first-order chi connectivity index (χ1) is 8.77. The number of amides is 1. The van der Waals surface area contributed by atoms with Gasteiger partial charge in [-0.2, -0.15) is 11.8 Å². The lowest BCUT2D eigenvalue weighted by Crippen LogP contribution is -2.40. The maximum absolute atomic E-state index is 12.3. The van der Waals surface area contributed by atoms with E-state index in [4.69, 9.17) is 11.5 Å². The van der Waals surface area contributed by atoms with Crippen molar-refractivity contribution >= 4 is 23.6 Å². The topological polar surface area (TPSA) is 84.7 Å². The van der Waals surface area contributed by atoms with E-state index in [0.29, 0.717) is 12.5 Å². The van der Waals surface area contributed by atoms with Gasteiger partial charge in [-0.15, -0.1) is 0 Å². The van der Waals surface area contributed by atoms with E-state index in [9.17, 15) is 4.79 Å². The van der Waals surface area contributed by atoms with Gasteiger partial charge in [-0.3, -0.25) is 9.79 Å². The highest BCUT2D eigenvalue weighted by Crippen LogP contribution is 2.20. The van der Waals surface area contributed by atoms with Gasteiger partial charge in [0.25, 0.3) is 0 Å². The van der Waals surface area contributed by atoms with Crippen molar-refractivity contribution in [1.29, 1.82) is 0 Å². The smallest absolute Gasteiger partial charge is 0.226 e. The van der Waals surface area contributed by atoms with Gasteiger partial charge >= 0.3 is 0 Å². The molecule has 0 saturated carbocycles. The quantitative estimate of drug-likeness (QED) is 0.406. The molecule has 0 radical (unpaired) electrons. The Bertz CT molecular complexity index is 302. The second-order valence-corrected chi connectivity index (χ2v) is 6.42. The predicted octanol–water partition coefficient (Wildman–Crippen LogP) is 1.77. The molecule has 0 bridgehead atoms. The van der Waals surface area contributed by atoms with Crippen LogP contribution in [-0.4, -0.2) is 47.9 Å². The van der Waals surface area contributed by atoms with Crippen molar-refractivity contribution in [1.82, 2.24) is 4.90 Å². The SMILES string of the molecule is C.CC(C)[C@H](CSCCN=C(N)N)C(=O)N(C)C(C)C. The Kier molecular flexibility index (Phi) is 11.6. The van der Waals surface area contributed by atoms with Crippen molar-refractivity contribution in [2.75, 3.05) is 25.1 Å². The van der Waals surface area contributed by atoms with Crippen LogP contribution < -0.4 is 11.5 Å². The molecule has 4 N–H and O–H groups in total. The molecule has 6 heteroatoms. The molecule has 0 aromatic heterocycles. The molecular weight excluding hydrogens is 272 g/mol. The number of nitrogens with zero attached hydrogens (tertiary/aromatic N) is 2. The number of rotatable bonds is 8. The van der Waals surface area contributed by atoms with Crippen molar-refractivity contribution < 1.29 is 4.79 Å². The minimum atomic E-state index is 0. The van der Waals surface area contributed by atoms with Gasteiger partial charge in [-0.25, -0.2) is 0 Å². The highest BCUT2D eigenvalue weighted by Gasteiger charge is 2.26. The molecule has 0 unspecified atom stereocenters. The second kappa shape index (κ2) is 10.8. The lowest BCUT2D eigenvalue weighted by molar-refractivity contribution is -0.136. The standard InChI is InChI=1S/C13H28N4OS.CH4/c1-9(2)11(12(18)17(5)10(3)4)8-19-7-6-16-13(14)15;/h9-11H,6-8H2,1-5H3,(H4,14,15,16);1H4/t11-;/m0./s1. The highest BCUT2D eigenvalue weighted by molar-refractivity contribution is 7.99. The third-order valence-corrected chi connectivity index (χ3v) is 4.14. The fourth-order valence-corrected chi connectivity index (χ4v) is 2.68. The molecule has 120 valence electrons. The Hall–Kier alpha value is -0.910. The maximum Gasteiger partial charge on any atom is 0.226 e. The Morgan fingerprint density at radius 2 is 1.80 bits per heavy atom. The van der Waals surface area contributed by atoms with Crippen molar-refractivity contribution in [2.45, 2.75) is 41.2 Å². The predicted molar refractivity (Wildman–Crippen MR) is 91.0 cm³/mol. The van der Waals surface area contributed by atoms with E-state index in [1.807, 2.05) is 25.8 Å². The van der Waals surface area contributed by atoms with Gasteiger partial charge in [0.2, 0.25) is 5.91 Å². The van der Waals surface area contributed by atoms with Crippen molar-refractivity contribution in [3.05, 3.63) is 0 Å². The third-order valence-electron chi connectivity index (χ3n) is 3.07. The number of aliphatic imine (C=N–C) groups is 1. The zero-order valence-corrected chi connectivity index (χ0v) is 13.5. The Morgan fingerprint density at radius 1 is 1.25 bits per heavy atom. The summed E-state index contributed by atoms with van der Waals surface area (Å²) in [5.74, 6) is 2.38. The van der Waals surface area contributed by atoms with Gasteiger partial charge in [0, 0.05) is 30.5 Å². The molecular formula is C14H32N4OS. The molecule has 0 aromatic rings. The summed E-state index contributed by atoms with van der Waals surface area (Å²) in [6.45, 7) is 8.84. The van der Waals surface area contributed by atoms with Crippen molar-refractivity contribution in [2.24, 2.45) is 28.3 Å². The molecule has 20 heavy (non-hydrogen) atoms. The van der Waals surface area contributed by atoms with Crippen LogP contribution in [0.4, 0.5) is 0 Å². The summed E-state index contributed by atoms with van der Waals surface area (Å²) in [7, 11) is 1.87. The summed E-state index contributed by atoms with van der Waals surface area (Å²) in [6, 6.07) is 0.236. The fourth-order valence-electron chi connectivity index (χ4n) is 1.51. The first-order valence-corrected chi connectivity index (χ1v) is 7.82. The van der Waals surface area contributed by atoms with Crippen LogP contribution in [0, 0.1) is 11.8 Å². The Morgan fingerprint density at radius 3 is 2.20 bits per heavy atom. The molecule has 0 saturated heterocycles. The molecule has 0 aliphatic carbocycles. The Labute approximate surface area is 128 Å². The fraction of sp³-hybridized carbons (Fsp3) is 0.857. The van der Waals surface area contributed by atoms with E-state index in [1.54, 1.807) is 11.8 Å². The molecule has 1 atom stereocenters. The molecule has 0 aromatic carbocycles. The van der Waals surface area contributed by atoms with Crippen LogP contribution in [0.15, 0.2) is 4.99 Å². The average Bonchev–Trinajstić information content (AvgIpc) is 2.30. The lowest BCUT2D eigenvalue weighted by Gasteiger charge is -2.28. The number of hydrogen-bond acceptors (Lipinski definition) is 3. The second-order valence-electron chi connectivity index (χ2n) is 5.27. The van der Waals surface area contributed by atoms with Crippen LogP contribution in [0.5, 0.6) is 0 Å². The Balaban J connectivity index is 0. The van der Waals surface area contributed by atoms with Gasteiger partial charge < -0.3 is 16.4 Å². The average molecular weight is 305 g/mol. The van der Waals surface area contributed by atoms with E-state index >= 15 is 0 Å². The molecule has 0 heterocycles. The van der Waals surface area contributed by atoms with E-state index in [-0.39, 0.29) is 31.3 Å². The van der Waals surface area contributed by atoms with Gasteiger partial charge in [0.15, 0.2) is 5.96 Å². The van der Waals surface area contributed by atoms with E-state index in [1.165, 1.54) is 0 Å². The van der Waals surface area contributed by atoms with E-state index in [0.717, 1.165) is 11.5 Å². The summed E-state index contributed by atoms with van der Waals surface area (Å²) in [5, 5.41) is 0. The lowest BCUT2D eigenvalue weighted by atomic mass is 9.96. The highest BCUT2D eigenvalue weighted by atomic mass is 32.2. The largest absolute Gasteiger partial charge is 0.370 e. The molecule has 1 amide bonds. The molecule has 0 fully saturated rings. The van der Waals surface area contributed by atoms with Crippen LogP contribution in [0.25, 0.3) is 0 Å². The van der Waals surface area contributed by atoms with E-state index in [2.05, 4.69) is 18.8 Å². The summed E-state index contributed by atoms with van der Waals surface area (Å²) in [5.41, 5.74) is 10.5. The maximum atomic E-state index is 12.3. The molecule has 5 nitrogen and oxygen atoms in total. The van der Waals surface area contributed by atoms with Crippen molar-refractivity contribution in [3.63, 3.8) is 0 Å². The summed E-state index contributed by atoms with van der Waals surface area (Å²) in [4.78, 5) is 18.1. The number of guanidine groups is 1. The van der Waals surface area contributed by atoms with Crippen LogP contribution in [0.2, 0.25) is 0 Å². The normalized spacial score (nSPS) is 11.9. The van der Waals surface area contributed by atoms with Gasteiger partial charge in [-0.1, -0.05) is 21.3 Å². The summed E-state index contributed by atoms with van der Waals surface area (Å²) >= 11 is 1.72. The van der Waals surface area contributed by atoms with Gasteiger partial charge in [0.1, 0.15) is 0 Å². The number of carbonyl (C=O) groups excluding carboxylic acids is 1. The summed E-state index contributed by atoms with van der Waals surface area (Å²) in [6.07, 6.45) is 0. The minimum Gasteiger partial charge on any atom is -0.370 e. The zero-order chi connectivity index (χ0) is 15.0. The third kappa shape index (κ3) is 8.30. The van der Waals surface area contributed by atoms with Gasteiger partial charge in [-0.05, 0) is 19.8 Å². The number of hydrogen-bond donors (Lipinski definition) is 2. The van der Waals surface area contributed by atoms with Crippen LogP contribution >= 0.6 is 11.8 Å². The first-order valence-electron chi connectivity index (χ1n) is 6.67. The van der Waals surface area contributed by atoms with Crippen molar-refractivity contribution in [3.8, 4) is 0 Å². The van der Waals surface area contributed by atoms with Crippen LogP contribution in [0.3, 0.4) is 0 Å². The molecule has 0 aliphatic heterocycles. The van der Waals surface area contributed by atoms with E-state index < -0.39 is 0 Å². The van der Waals surface area contributed by atoms with Crippen LogP contribution in [0.1, 0.15) is 35.1 Å². The number of carbonyl (C=O) groups is 1. The molecule has 0 spiro atoms. The van der Waals surface area contributed by atoms with Crippen LogP contribution in [-0.2, 0) is 4.79 Å². The monoisotopic (exact) mass is 304 g/mol. The summed E-state index contributed by atoms with van der Waals surface area (Å²) < 4.78 is 0. The number of nitrogens with two attached hydrogens (primary N) is 2. The minimum absolute atomic E-state index is 0. The molecule has 0 aliphatic rings. The number of thioether (sulfide) groups is 1. The molecule has 0 rings (SSSR count). The zero-order valence-electron chi connectivity index (χ0n) is 12.7. The van der Waals surface area contributed by atoms with Gasteiger partial charge in [0.05, 0.1) is 6.54 Å². The first kappa shape index (κ1) is 21.4.